The number of aromatic nitrogens is 1. The Morgan fingerprint density at radius 1 is 0.895 bits per heavy atom. The smallest absolute Gasteiger partial charge is 0.290 e. The third-order valence-electron chi connectivity index (χ3n) is 6.32. The molecule has 2 heterocycles. The predicted octanol–water partition coefficient (Wildman–Crippen LogP) is 5.84. The molecule has 38 heavy (non-hydrogen) atoms. The number of hydrogen-bond donors (Lipinski definition) is 1. The normalized spacial score (nSPS) is 15.3. The number of pyridine rings is 1. The molecule has 0 radical (unpaired) electrons. The number of nitrogens with zero attached hydrogens (tertiary/aromatic N) is 2. The highest BCUT2D eigenvalue weighted by molar-refractivity contribution is 6.14. The monoisotopic (exact) mass is 502 g/mol. The van der Waals surface area contributed by atoms with Crippen molar-refractivity contribution in [2.45, 2.75) is 19.2 Å². The second kappa shape index (κ2) is 11.4. The molecule has 6 heteroatoms. The van der Waals surface area contributed by atoms with Crippen LogP contribution in [0.25, 0.3) is 6.08 Å². The number of rotatable bonds is 9. The summed E-state index contributed by atoms with van der Waals surface area (Å²) in [7, 11) is 0. The number of ketones is 1. The fourth-order valence-corrected chi connectivity index (χ4v) is 4.42. The summed E-state index contributed by atoms with van der Waals surface area (Å²) < 4.78 is 5.91. The minimum absolute atomic E-state index is 0.0454. The van der Waals surface area contributed by atoms with Crippen LogP contribution in [0, 0.1) is 0 Å². The zero-order chi connectivity index (χ0) is 26.3. The van der Waals surface area contributed by atoms with Gasteiger partial charge in [-0.25, -0.2) is 0 Å². The van der Waals surface area contributed by atoms with Crippen molar-refractivity contribution in [2.75, 3.05) is 0 Å². The van der Waals surface area contributed by atoms with Crippen LogP contribution in [-0.2, 0) is 22.7 Å². The average Bonchev–Trinajstić information content (AvgIpc) is 3.22. The lowest BCUT2D eigenvalue weighted by atomic mass is 9.95. The molecule has 6 nitrogen and oxygen atoms in total. The van der Waals surface area contributed by atoms with E-state index < -0.39 is 23.5 Å². The molecule has 1 atom stereocenters. The van der Waals surface area contributed by atoms with Gasteiger partial charge in [-0.3, -0.25) is 14.6 Å². The Kier molecular flexibility index (Phi) is 7.41. The highest BCUT2D eigenvalue weighted by Crippen LogP contribution is 2.39. The number of allylic oxidation sites excluding steroid dienone is 1. The Balaban J connectivity index is 1.44. The zero-order valence-electron chi connectivity index (χ0n) is 20.6. The lowest BCUT2D eigenvalue weighted by Crippen LogP contribution is -2.30. The van der Waals surface area contributed by atoms with E-state index in [-0.39, 0.29) is 12.1 Å². The van der Waals surface area contributed by atoms with Gasteiger partial charge in [0.1, 0.15) is 12.4 Å². The summed E-state index contributed by atoms with van der Waals surface area (Å²) in [4.78, 5) is 32.2. The molecule has 0 fully saturated rings. The minimum atomic E-state index is -0.765. The Hall–Kier alpha value is -4.97. The van der Waals surface area contributed by atoms with E-state index in [9.17, 15) is 14.7 Å². The van der Waals surface area contributed by atoms with E-state index in [0.29, 0.717) is 17.9 Å². The van der Waals surface area contributed by atoms with E-state index >= 15 is 0 Å². The highest BCUT2D eigenvalue weighted by atomic mass is 16.5. The summed E-state index contributed by atoms with van der Waals surface area (Å²) in [6, 6.07) is 29.4. The van der Waals surface area contributed by atoms with Gasteiger partial charge in [0.15, 0.2) is 11.5 Å². The summed E-state index contributed by atoms with van der Waals surface area (Å²) >= 11 is 0. The summed E-state index contributed by atoms with van der Waals surface area (Å²) in [5.74, 6) is -0.903. The van der Waals surface area contributed by atoms with Crippen LogP contribution in [0.2, 0.25) is 0 Å². The van der Waals surface area contributed by atoms with Crippen LogP contribution in [-0.4, -0.2) is 26.7 Å². The van der Waals surface area contributed by atoms with Crippen LogP contribution in [0.3, 0.4) is 0 Å². The van der Waals surface area contributed by atoms with Crippen molar-refractivity contribution in [1.82, 2.24) is 9.88 Å². The first kappa shape index (κ1) is 24.7. The number of benzene rings is 3. The Morgan fingerprint density at radius 3 is 2.26 bits per heavy atom. The molecule has 1 amide bonds. The van der Waals surface area contributed by atoms with E-state index in [4.69, 9.17) is 4.74 Å². The van der Waals surface area contributed by atoms with Crippen molar-refractivity contribution in [3.05, 3.63) is 149 Å². The largest absolute Gasteiger partial charge is 0.503 e. The number of amides is 1. The van der Waals surface area contributed by atoms with E-state index in [2.05, 4.69) is 4.98 Å². The average molecular weight is 503 g/mol. The molecule has 0 spiro atoms. The van der Waals surface area contributed by atoms with Gasteiger partial charge in [0.05, 0.1) is 11.6 Å². The Morgan fingerprint density at radius 2 is 1.58 bits per heavy atom. The SMILES string of the molecule is O=C(C=Cc1ccccc1)C1=C(O)C(=O)N(Cc2cccnc2)C1c1ccc(OCc2ccccc2)cc1. The molecule has 1 N–H and O–H groups in total. The van der Waals surface area contributed by atoms with Crippen LogP contribution in [0.1, 0.15) is 28.3 Å². The molecule has 4 aromatic rings. The van der Waals surface area contributed by atoms with E-state index in [1.54, 1.807) is 24.5 Å². The molecule has 0 saturated heterocycles. The van der Waals surface area contributed by atoms with Crippen molar-refractivity contribution < 1.29 is 19.4 Å². The molecule has 1 aliphatic rings. The minimum Gasteiger partial charge on any atom is -0.503 e. The van der Waals surface area contributed by atoms with E-state index in [1.165, 1.54) is 11.0 Å². The maximum Gasteiger partial charge on any atom is 0.290 e. The van der Waals surface area contributed by atoms with Gasteiger partial charge in [0, 0.05) is 18.9 Å². The number of aliphatic hydroxyl groups is 1. The van der Waals surface area contributed by atoms with Crippen LogP contribution < -0.4 is 4.74 Å². The second-order valence-corrected chi connectivity index (χ2v) is 8.91. The molecule has 1 unspecified atom stereocenters. The molecule has 3 aromatic carbocycles. The molecule has 0 saturated carbocycles. The quantitative estimate of drug-likeness (QED) is 0.291. The third kappa shape index (κ3) is 5.55. The van der Waals surface area contributed by atoms with Crippen molar-refractivity contribution in [3.8, 4) is 5.75 Å². The van der Waals surface area contributed by atoms with E-state index in [1.807, 2.05) is 91.0 Å². The summed E-state index contributed by atoms with van der Waals surface area (Å²) in [5.41, 5.74) is 3.41. The Labute approximate surface area is 221 Å². The van der Waals surface area contributed by atoms with Crippen molar-refractivity contribution in [2.24, 2.45) is 0 Å². The molecular weight excluding hydrogens is 476 g/mol. The fourth-order valence-electron chi connectivity index (χ4n) is 4.42. The van der Waals surface area contributed by atoms with Crippen molar-refractivity contribution in [3.63, 3.8) is 0 Å². The molecule has 0 aliphatic carbocycles. The van der Waals surface area contributed by atoms with Gasteiger partial charge < -0.3 is 14.7 Å². The van der Waals surface area contributed by atoms with Gasteiger partial charge in [-0.15, -0.1) is 0 Å². The maximum absolute atomic E-state index is 13.4. The molecule has 1 aromatic heterocycles. The standard InChI is InChI=1S/C32H26N2O4/c35-28(18-13-23-8-3-1-4-9-23)29-30(34(32(37)31(29)36)21-25-12-7-19-33-20-25)26-14-16-27(17-15-26)38-22-24-10-5-2-6-11-24/h1-20,30,36H,21-22H2. The van der Waals surface area contributed by atoms with Gasteiger partial charge in [0.25, 0.3) is 5.91 Å². The van der Waals surface area contributed by atoms with Crippen LogP contribution in [0.15, 0.2) is 127 Å². The van der Waals surface area contributed by atoms with Gasteiger partial charge in [-0.1, -0.05) is 84.9 Å². The summed E-state index contributed by atoms with van der Waals surface area (Å²) in [6.07, 6.45) is 6.39. The van der Waals surface area contributed by atoms with Gasteiger partial charge in [-0.2, -0.15) is 0 Å². The van der Waals surface area contributed by atoms with Gasteiger partial charge in [0.2, 0.25) is 0 Å². The zero-order valence-corrected chi connectivity index (χ0v) is 20.6. The Bertz CT molecular complexity index is 1460. The number of aliphatic hydroxyl groups excluding tert-OH is 1. The van der Waals surface area contributed by atoms with Gasteiger partial charge in [-0.05, 0) is 46.5 Å². The fraction of sp³-hybridized carbons (Fsp3) is 0.0938. The van der Waals surface area contributed by atoms with Gasteiger partial charge >= 0.3 is 0 Å². The van der Waals surface area contributed by atoms with Crippen molar-refractivity contribution >= 4 is 17.8 Å². The molecule has 188 valence electrons. The first-order valence-electron chi connectivity index (χ1n) is 12.3. The first-order valence-corrected chi connectivity index (χ1v) is 12.3. The molecule has 5 rings (SSSR count). The highest BCUT2D eigenvalue weighted by Gasteiger charge is 2.42. The number of carbonyl (C=O) groups excluding carboxylic acids is 2. The third-order valence-corrected chi connectivity index (χ3v) is 6.32. The van der Waals surface area contributed by atoms with E-state index in [0.717, 1.165) is 16.7 Å². The number of carbonyl (C=O) groups is 2. The maximum atomic E-state index is 13.4. The summed E-state index contributed by atoms with van der Waals surface area (Å²) in [6.45, 7) is 0.608. The van der Waals surface area contributed by atoms with Crippen LogP contribution in [0.4, 0.5) is 0 Å². The first-order chi connectivity index (χ1) is 18.6. The summed E-state index contributed by atoms with van der Waals surface area (Å²) in [5, 5.41) is 10.9. The lowest BCUT2D eigenvalue weighted by molar-refractivity contribution is -0.130. The molecular formula is C32H26N2O4. The number of ether oxygens (including phenoxy) is 1. The predicted molar refractivity (Wildman–Crippen MR) is 145 cm³/mol. The molecule has 0 bridgehead atoms. The van der Waals surface area contributed by atoms with Crippen LogP contribution >= 0.6 is 0 Å². The second-order valence-electron chi connectivity index (χ2n) is 8.91. The molecule has 1 aliphatic heterocycles. The van der Waals surface area contributed by atoms with Crippen molar-refractivity contribution in [1.29, 1.82) is 0 Å². The topological polar surface area (TPSA) is 79.7 Å². The lowest BCUT2D eigenvalue weighted by Gasteiger charge is -2.26. The number of hydrogen-bond acceptors (Lipinski definition) is 5. The van der Waals surface area contributed by atoms with Crippen LogP contribution in [0.5, 0.6) is 5.75 Å².